The Morgan fingerprint density at radius 1 is 0.388 bits per heavy atom. The molecule has 9 heteroatoms. The van der Waals surface area contributed by atoms with Crippen LogP contribution in [-0.2, 0) is 17.1 Å². The molecule has 8 bridgehead atoms. The van der Waals surface area contributed by atoms with E-state index in [1.54, 1.807) is 50.1 Å². The van der Waals surface area contributed by atoms with E-state index in [2.05, 4.69) is 44.2 Å². The van der Waals surface area contributed by atoms with Crippen molar-refractivity contribution in [1.82, 2.24) is 19.9 Å². The molecule has 2 aliphatic heterocycles. The predicted octanol–water partition coefficient (Wildman–Crippen LogP) is 11.0. The first kappa shape index (κ1) is 36.1. The van der Waals surface area contributed by atoms with Gasteiger partial charge >= 0.3 is 0 Å². The largest absolute Gasteiger partial charge is 0.472 e. The summed E-state index contributed by atoms with van der Waals surface area (Å²) in [5.74, 6) is 0. The van der Waals surface area contributed by atoms with Crippen molar-refractivity contribution in [3.05, 3.63) is 168 Å². The van der Waals surface area contributed by atoms with Crippen molar-refractivity contribution in [3.63, 3.8) is 0 Å². The van der Waals surface area contributed by atoms with Crippen LogP contribution in [0.1, 0.15) is 45.0 Å². The van der Waals surface area contributed by atoms with Crippen molar-refractivity contribution in [2.45, 2.75) is 27.7 Å². The third kappa shape index (κ3) is 12.4. The minimum Gasteiger partial charge on any atom is -0.472 e. The normalized spacial score (nSPS) is 10.5. The molecule has 0 unspecified atom stereocenters. The van der Waals surface area contributed by atoms with Gasteiger partial charge in [0.25, 0.3) is 0 Å². The summed E-state index contributed by atoms with van der Waals surface area (Å²) in [6.45, 7) is 7.96. The van der Waals surface area contributed by atoms with E-state index < -0.39 is 0 Å². The fourth-order valence-electron chi connectivity index (χ4n) is 4.27. The first-order valence-corrected chi connectivity index (χ1v) is 15.4. The van der Waals surface area contributed by atoms with Crippen LogP contribution in [-0.4, -0.2) is 19.9 Å². The summed E-state index contributed by atoms with van der Waals surface area (Å²) in [7, 11) is 0. The quantitative estimate of drug-likeness (QED) is 0.152. The molecule has 0 atom stereocenters. The van der Waals surface area contributed by atoms with Crippen molar-refractivity contribution < 1.29 is 34.7 Å². The van der Waals surface area contributed by atoms with E-state index in [4.69, 9.17) is 17.7 Å². The van der Waals surface area contributed by atoms with Gasteiger partial charge in [-0.25, -0.2) is 9.97 Å². The van der Waals surface area contributed by atoms with Gasteiger partial charge < -0.3 is 27.6 Å². The zero-order chi connectivity index (χ0) is 33.6. The summed E-state index contributed by atoms with van der Waals surface area (Å²) >= 11 is 0. The maximum Gasteiger partial charge on any atom is 0.0931 e. The molecule has 0 aliphatic carbocycles. The molecule has 49 heavy (non-hydrogen) atoms. The predicted molar refractivity (Wildman–Crippen MR) is 193 cm³/mol. The molecule has 2 N–H and O–H groups in total. The molecule has 0 aromatic carbocycles. The maximum absolute atomic E-state index is 4.71. The molecule has 0 fully saturated rings. The van der Waals surface area contributed by atoms with Crippen LogP contribution in [0.2, 0.25) is 0 Å². The number of aromatic nitrogens is 4. The number of fused-ring (bicyclic) bond motifs is 8. The number of aryl methyl sites for hydroxylation is 4. The van der Waals surface area contributed by atoms with Gasteiger partial charge in [-0.2, -0.15) is 0 Å². The van der Waals surface area contributed by atoms with Crippen molar-refractivity contribution in [2.24, 2.45) is 0 Å². The fraction of sp³-hybridized carbons (Fsp3) is 0.100. The van der Waals surface area contributed by atoms with Crippen molar-refractivity contribution in [2.75, 3.05) is 0 Å². The number of nitrogens with one attached hydrogen (secondary N) is 2. The molecular weight excluding hydrogens is 664 g/mol. The second-order valence-corrected chi connectivity index (χ2v) is 11.1. The van der Waals surface area contributed by atoms with Crippen molar-refractivity contribution >= 4 is 46.4 Å². The molecule has 1 radical (unpaired) electrons. The number of nitrogens with zero attached hydrogens (tertiary/aromatic N) is 2. The molecule has 253 valence electrons. The van der Waals surface area contributed by atoms with Gasteiger partial charge in [-0.3, -0.25) is 0 Å². The molecule has 7 aromatic rings. The van der Waals surface area contributed by atoms with Gasteiger partial charge in [0.05, 0.1) is 72.9 Å². The fourth-order valence-corrected chi connectivity index (χ4v) is 4.27. The summed E-state index contributed by atoms with van der Waals surface area (Å²) in [5.41, 5.74) is 12.6. The van der Waals surface area contributed by atoms with E-state index in [0.717, 1.165) is 44.8 Å². The molecular formula is C40H38CuN4O4. The van der Waals surface area contributed by atoms with Crippen LogP contribution in [0.25, 0.3) is 46.4 Å². The summed E-state index contributed by atoms with van der Waals surface area (Å²) in [6, 6.07) is 24.0. The van der Waals surface area contributed by atoms with Crippen molar-refractivity contribution in [1.29, 1.82) is 0 Å². The average Bonchev–Trinajstić information content (AvgIpc) is 3.89. The minimum atomic E-state index is 0. The summed E-state index contributed by atoms with van der Waals surface area (Å²) < 4.78 is 18.9. The maximum atomic E-state index is 4.71. The molecule has 7 aromatic heterocycles. The Balaban J connectivity index is 0.000000175. The van der Waals surface area contributed by atoms with Crippen LogP contribution in [0.3, 0.4) is 0 Å². The third-order valence-corrected chi connectivity index (χ3v) is 6.70. The van der Waals surface area contributed by atoms with Crippen molar-refractivity contribution in [3.8, 4) is 0 Å². The first-order chi connectivity index (χ1) is 23.4. The zero-order valence-corrected chi connectivity index (χ0v) is 28.6. The van der Waals surface area contributed by atoms with Gasteiger partial charge in [0, 0.05) is 39.1 Å². The number of rotatable bonds is 0. The van der Waals surface area contributed by atoms with Crippen LogP contribution in [0.5, 0.6) is 0 Å². The van der Waals surface area contributed by atoms with E-state index in [9.17, 15) is 0 Å². The second-order valence-electron chi connectivity index (χ2n) is 11.1. The van der Waals surface area contributed by atoms with E-state index in [0.29, 0.717) is 0 Å². The average molecular weight is 702 g/mol. The van der Waals surface area contributed by atoms with Crippen LogP contribution in [0.15, 0.2) is 141 Å². The summed E-state index contributed by atoms with van der Waals surface area (Å²) in [4.78, 5) is 16.0. The molecule has 9 heterocycles. The summed E-state index contributed by atoms with van der Waals surface area (Å²) in [6.07, 6.45) is 21.6. The first-order valence-electron chi connectivity index (χ1n) is 15.4. The molecule has 8 nitrogen and oxygen atoms in total. The van der Waals surface area contributed by atoms with Crippen LogP contribution in [0, 0.1) is 27.7 Å². The smallest absolute Gasteiger partial charge is 0.0931 e. The van der Waals surface area contributed by atoms with Gasteiger partial charge in [-0.1, -0.05) is 0 Å². The SMILES string of the molecule is C1=Cc2cc3ccc(cc4nc(cc5ccc(cc1n2)[nH]5)C=C4)[nH]3.Cc1ccoc1.Cc1ccoc1.Cc1ccoc1.Cc1ccoc1.[Cu]. The third-order valence-electron chi connectivity index (χ3n) is 6.70. The van der Waals surface area contributed by atoms with Gasteiger partial charge in [0.2, 0.25) is 0 Å². The Morgan fingerprint density at radius 2 is 0.633 bits per heavy atom. The zero-order valence-electron chi connectivity index (χ0n) is 27.7. The van der Waals surface area contributed by atoms with Gasteiger partial charge in [0.15, 0.2) is 0 Å². The number of H-pyrrole nitrogens is 2. The van der Waals surface area contributed by atoms with E-state index in [1.807, 2.05) is 101 Å². The number of hydrogen-bond acceptors (Lipinski definition) is 6. The number of furan rings is 4. The standard InChI is InChI=1S/C20H14N4.4C5H6O.Cu/c1-2-14-10-16-5-6-18(23-16)12-20-8-7-19(24-20)11-17-4-3-15(22-17)9-13(1)21-14;4*1-5-2-3-6-4-5;/h1-12,21,24H;4*2-4H,1H3;. The molecule has 2 aliphatic rings. The Hall–Kier alpha value is -5.76. The monoisotopic (exact) mass is 701 g/mol. The van der Waals surface area contributed by atoms with Gasteiger partial charge in [0.1, 0.15) is 0 Å². The van der Waals surface area contributed by atoms with Crippen LogP contribution in [0.4, 0.5) is 0 Å². The Labute approximate surface area is 295 Å². The molecule has 0 saturated heterocycles. The number of aromatic amines is 2. The summed E-state index contributed by atoms with van der Waals surface area (Å²) in [5, 5.41) is 0. The Morgan fingerprint density at radius 3 is 0.796 bits per heavy atom. The second kappa shape index (κ2) is 18.5. The van der Waals surface area contributed by atoms with E-state index in [-0.39, 0.29) is 17.1 Å². The Bertz CT molecular complexity index is 1870. The Kier molecular flexibility index (Phi) is 13.7. The van der Waals surface area contributed by atoms with E-state index >= 15 is 0 Å². The molecule has 9 rings (SSSR count). The van der Waals surface area contributed by atoms with Crippen LogP contribution >= 0.6 is 0 Å². The topological polar surface area (TPSA) is 110 Å². The van der Waals surface area contributed by atoms with Gasteiger partial charge in [-0.15, -0.1) is 0 Å². The molecule has 0 spiro atoms. The molecule has 0 saturated carbocycles. The number of hydrogen-bond donors (Lipinski definition) is 2. The van der Waals surface area contributed by atoms with Crippen LogP contribution < -0.4 is 0 Å². The van der Waals surface area contributed by atoms with Gasteiger partial charge in [-0.05, 0) is 147 Å². The minimum absolute atomic E-state index is 0. The molecule has 0 amide bonds. The van der Waals surface area contributed by atoms with E-state index in [1.165, 1.54) is 22.3 Å².